The zero-order valence-electron chi connectivity index (χ0n) is 10.7. The third kappa shape index (κ3) is 4.89. The van der Waals surface area contributed by atoms with Crippen LogP contribution in [0.1, 0.15) is 37.7 Å². The van der Waals surface area contributed by atoms with Crippen molar-refractivity contribution in [3.63, 3.8) is 0 Å². The van der Waals surface area contributed by atoms with E-state index < -0.39 is 9.84 Å². The van der Waals surface area contributed by atoms with Gasteiger partial charge in [0.15, 0.2) is 9.84 Å². The second kappa shape index (κ2) is 7.17. The van der Waals surface area contributed by atoms with E-state index in [0.29, 0.717) is 17.7 Å². The first kappa shape index (κ1) is 14.7. The highest BCUT2D eigenvalue weighted by Gasteiger charge is 2.13. The Bertz CT molecular complexity index is 498. The maximum absolute atomic E-state index is 12.0. The quantitative estimate of drug-likeness (QED) is 0.711. The summed E-state index contributed by atoms with van der Waals surface area (Å²) in [6.45, 7) is 1.94. The van der Waals surface area contributed by atoms with Crippen LogP contribution in [0.5, 0.6) is 0 Å². The van der Waals surface area contributed by atoms with Crippen LogP contribution < -0.4 is 0 Å². The lowest BCUT2D eigenvalue weighted by Gasteiger charge is -2.04. The first-order chi connectivity index (χ1) is 8.56. The molecule has 0 aliphatic carbocycles. The number of sulfone groups is 1. The van der Waals surface area contributed by atoms with Crippen LogP contribution in [0.3, 0.4) is 0 Å². The van der Waals surface area contributed by atoms with Crippen LogP contribution in [0.2, 0.25) is 0 Å². The number of nitrogens with zero attached hydrogens (tertiary/aromatic N) is 1. The summed E-state index contributed by atoms with van der Waals surface area (Å²) in [6, 6.07) is 9.06. The fourth-order valence-electron chi connectivity index (χ4n) is 1.71. The molecule has 0 heterocycles. The molecule has 0 aromatic heterocycles. The molecule has 0 spiro atoms. The Balaban J connectivity index is 2.41. The number of unbranched alkanes of at least 4 members (excludes halogenated alkanes) is 4. The van der Waals surface area contributed by atoms with Crippen LogP contribution >= 0.6 is 0 Å². The fraction of sp³-hybridized carbons (Fsp3) is 0.500. The highest BCUT2D eigenvalue weighted by Crippen LogP contribution is 2.14. The highest BCUT2D eigenvalue weighted by atomic mass is 32.2. The Hall–Kier alpha value is -1.34. The Kier molecular flexibility index (Phi) is 5.87. The largest absolute Gasteiger partial charge is 0.224 e. The minimum Gasteiger partial charge on any atom is -0.224 e. The molecular formula is C14H19NO2S. The summed E-state index contributed by atoms with van der Waals surface area (Å²) in [5, 5.41) is 8.38. The normalized spacial score (nSPS) is 11.1. The van der Waals surface area contributed by atoms with E-state index >= 15 is 0 Å². The van der Waals surface area contributed by atoms with E-state index in [0.717, 1.165) is 24.8 Å². The van der Waals surface area contributed by atoms with Crippen molar-refractivity contribution in [1.82, 2.24) is 0 Å². The molecule has 0 fully saturated rings. The van der Waals surface area contributed by atoms with Gasteiger partial charge in [-0.3, -0.25) is 0 Å². The van der Waals surface area contributed by atoms with Gasteiger partial charge in [-0.25, -0.2) is 8.42 Å². The van der Waals surface area contributed by atoms with E-state index in [4.69, 9.17) is 5.26 Å². The van der Waals surface area contributed by atoms with Crippen molar-refractivity contribution in [2.45, 2.75) is 43.9 Å². The van der Waals surface area contributed by atoms with Gasteiger partial charge >= 0.3 is 0 Å². The number of aryl methyl sites for hydroxylation is 1. The SMILES string of the molecule is Cc1ccc(S(=O)(=O)CCCCCCC#N)cc1. The molecule has 98 valence electrons. The summed E-state index contributed by atoms with van der Waals surface area (Å²) in [5.41, 5.74) is 1.06. The van der Waals surface area contributed by atoms with E-state index in [1.165, 1.54) is 0 Å². The Morgan fingerprint density at radius 3 is 2.28 bits per heavy atom. The first-order valence-electron chi connectivity index (χ1n) is 6.22. The predicted molar refractivity (Wildman–Crippen MR) is 71.9 cm³/mol. The fourth-order valence-corrected chi connectivity index (χ4v) is 3.08. The van der Waals surface area contributed by atoms with Gasteiger partial charge in [-0.05, 0) is 31.9 Å². The molecule has 1 aromatic rings. The average Bonchev–Trinajstić information content (AvgIpc) is 2.34. The van der Waals surface area contributed by atoms with Crippen molar-refractivity contribution >= 4 is 9.84 Å². The minimum atomic E-state index is -3.13. The van der Waals surface area contributed by atoms with Crippen molar-refractivity contribution < 1.29 is 8.42 Å². The summed E-state index contributed by atoms with van der Waals surface area (Å²) in [7, 11) is -3.13. The molecule has 0 atom stereocenters. The van der Waals surface area contributed by atoms with Crippen LogP contribution in [-0.4, -0.2) is 14.2 Å². The van der Waals surface area contributed by atoms with Crippen LogP contribution in [-0.2, 0) is 9.84 Å². The van der Waals surface area contributed by atoms with Gasteiger partial charge in [-0.1, -0.05) is 30.5 Å². The minimum absolute atomic E-state index is 0.197. The van der Waals surface area contributed by atoms with E-state index in [1.54, 1.807) is 12.1 Å². The zero-order chi connectivity index (χ0) is 13.4. The number of hydrogen-bond donors (Lipinski definition) is 0. The maximum Gasteiger partial charge on any atom is 0.178 e. The zero-order valence-corrected chi connectivity index (χ0v) is 11.5. The molecule has 0 saturated heterocycles. The van der Waals surface area contributed by atoms with Gasteiger partial charge in [0, 0.05) is 6.42 Å². The molecule has 18 heavy (non-hydrogen) atoms. The van der Waals surface area contributed by atoms with Crippen molar-refractivity contribution in [1.29, 1.82) is 5.26 Å². The molecule has 4 heteroatoms. The molecule has 3 nitrogen and oxygen atoms in total. The van der Waals surface area contributed by atoms with Crippen molar-refractivity contribution in [2.75, 3.05) is 5.75 Å². The second-order valence-electron chi connectivity index (χ2n) is 4.45. The van der Waals surface area contributed by atoms with E-state index in [9.17, 15) is 8.42 Å². The molecule has 0 saturated carbocycles. The van der Waals surface area contributed by atoms with Crippen LogP contribution in [0.4, 0.5) is 0 Å². The van der Waals surface area contributed by atoms with E-state index in [1.807, 2.05) is 19.1 Å². The van der Waals surface area contributed by atoms with Crippen LogP contribution in [0.15, 0.2) is 29.2 Å². The van der Waals surface area contributed by atoms with Gasteiger partial charge in [0.05, 0.1) is 16.7 Å². The molecule has 0 N–H and O–H groups in total. The first-order valence-corrected chi connectivity index (χ1v) is 7.88. The average molecular weight is 265 g/mol. The van der Waals surface area contributed by atoms with Gasteiger partial charge in [0.1, 0.15) is 0 Å². The molecular weight excluding hydrogens is 246 g/mol. The number of benzene rings is 1. The van der Waals surface area contributed by atoms with E-state index in [-0.39, 0.29) is 5.75 Å². The van der Waals surface area contributed by atoms with Gasteiger partial charge < -0.3 is 0 Å². The molecule has 0 bridgehead atoms. The number of rotatable bonds is 7. The topological polar surface area (TPSA) is 57.9 Å². The summed E-state index contributed by atoms with van der Waals surface area (Å²) >= 11 is 0. The van der Waals surface area contributed by atoms with Gasteiger partial charge in [-0.2, -0.15) is 5.26 Å². The van der Waals surface area contributed by atoms with Gasteiger partial charge in [0.2, 0.25) is 0 Å². The standard InChI is InChI=1S/C14H19NO2S/c1-13-7-9-14(10-8-13)18(16,17)12-6-4-2-3-5-11-15/h7-10H,2-6,12H2,1H3. The molecule has 0 aliphatic heterocycles. The van der Waals surface area contributed by atoms with Crippen molar-refractivity contribution in [3.05, 3.63) is 29.8 Å². The molecule has 0 amide bonds. The lowest BCUT2D eigenvalue weighted by molar-refractivity contribution is 0.588. The van der Waals surface area contributed by atoms with Crippen LogP contribution in [0.25, 0.3) is 0 Å². The maximum atomic E-state index is 12.0. The Labute approximate surface area is 109 Å². The van der Waals surface area contributed by atoms with E-state index in [2.05, 4.69) is 6.07 Å². The molecule has 1 aromatic carbocycles. The summed E-state index contributed by atoms with van der Waals surface area (Å²) in [6.07, 6.45) is 3.89. The summed E-state index contributed by atoms with van der Waals surface area (Å²) in [4.78, 5) is 0.408. The van der Waals surface area contributed by atoms with Crippen LogP contribution in [0, 0.1) is 18.3 Å². The highest BCUT2D eigenvalue weighted by molar-refractivity contribution is 7.91. The predicted octanol–water partition coefficient (Wildman–Crippen LogP) is 3.24. The molecule has 0 radical (unpaired) electrons. The van der Waals surface area contributed by atoms with Crippen molar-refractivity contribution in [3.8, 4) is 6.07 Å². The smallest absolute Gasteiger partial charge is 0.178 e. The number of nitriles is 1. The van der Waals surface area contributed by atoms with Gasteiger partial charge in [-0.15, -0.1) is 0 Å². The monoisotopic (exact) mass is 265 g/mol. The summed E-state index contributed by atoms with van der Waals surface area (Å²) < 4.78 is 24.0. The second-order valence-corrected chi connectivity index (χ2v) is 6.56. The third-order valence-electron chi connectivity index (χ3n) is 2.83. The lowest BCUT2D eigenvalue weighted by Crippen LogP contribution is -2.06. The van der Waals surface area contributed by atoms with Gasteiger partial charge in [0.25, 0.3) is 0 Å². The molecule has 1 rings (SSSR count). The molecule has 0 aliphatic rings. The Morgan fingerprint density at radius 2 is 1.67 bits per heavy atom. The number of hydrogen-bond acceptors (Lipinski definition) is 3. The molecule has 0 unspecified atom stereocenters. The Morgan fingerprint density at radius 1 is 1.06 bits per heavy atom. The summed E-state index contributed by atoms with van der Waals surface area (Å²) in [5.74, 6) is 0.197. The lowest BCUT2D eigenvalue weighted by atomic mass is 10.2. The van der Waals surface area contributed by atoms with Crippen molar-refractivity contribution in [2.24, 2.45) is 0 Å². The third-order valence-corrected chi connectivity index (χ3v) is 4.65.